The van der Waals surface area contributed by atoms with Gasteiger partial charge in [-0.15, -0.1) is 11.8 Å². The highest BCUT2D eigenvalue weighted by molar-refractivity contribution is 7.98. The number of aliphatic hydroxyl groups is 1. The lowest BCUT2D eigenvalue weighted by Gasteiger charge is -2.26. The van der Waals surface area contributed by atoms with Crippen LogP contribution in [-0.4, -0.2) is 29.9 Å². The first-order chi connectivity index (χ1) is 9.72. The highest BCUT2D eigenvalue weighted by Gasteiger charge is 2.22. The Morgan fingerprint density at radius 1 is 1.35 bits per heavy atom. The SMILES string of the molecule is CSc1ccccc1C(=O)NCC(O)C1CCCCC1. The van der Waals surface area contributed by atoms with Crippen molar-refractivity contribution in [1.82, 2.24) is 5.32 Å². The maximum absolute atomic E-state index is 12.2. The summed E-state index contributed by atoms with van der Waals surface area (Å²) >= 11 is 1.56. The predicted octanol–water partition coefficient (Wildman–Crippen LogP) is 3.08. The van der Waals surface area contributed by atoms with Crippen molar-refractivity contribution in [2.45, 2.75) is 43.1 Å². The fourth-order valence-electron chi connectivity index (χ4n) is 2.81. The maximum atomic E-state index is 12.2. The first-order valence-electron chi connectivity index (χ1n) is 7.31. The lowest BCUT2D eigenvalue weighted by molar-refractivity contribution is 0.0737. The average molecular weight is 293 g/mol. The van der Waals surface area contributed by atoms with E-state index in [4.69, 9.17) is 0 Å². The van der Waals surface area contributed by atoms with Crippen LogP contribution in [0.5, 0.6) is 0 Å². The molecule has 110 valence electrons. The second kappa shape index (κ2) is 7.70. The number of rotatable bonds is 5. The Kier molecular flexibility index (Phi) is 5.92. The first kappa shape index (κ1) is 15.4. The van der Waals surface area contributed by atoms with E-state index >= 15 is 0 Å². The third-order valence-electron chi connectivity index (χ3n) is 4.02. The third kappa shape index (κ3) is 4.00. The molecule has 0 spiro atoms. The Morgan fingerprint density at radius 3 is 2.75 bits per heavy atom. The van der Waals surface area contributed by atoms with Gasteiger partial charge in [0.1, 0.15) is 0 Å². The van der Waals surface area contributed by atoms with Crippen LogP contribution in [0.4, 0.5) is 0 Å². The van der Waals surface area contributed by atoms with E-state index in [1.807, 2.05) is 30.5 Å². The van der Waals surface area contributed by atoms with Crippen molar-refractivity contribution in [3.63, 3.8) is 0 Å². The van der Waals surface area contributed by atoms with E-state index < -0.39 is 6.10 Å². The van der Waals surface area contributed by atoms with E-state index in [1.165, 1.54) is 19.3 Å². The minimum Gasteiger partial charge on any atom is -0.391 e. The molecule has 1 atom stereocenters. The van der Waals surface area contributed by atoms with Crippen molar-refractivity contribution in [1.29, 1.82) is 0 Å². The van der Waals surface area contributed by atoms with Crippen molar-refractivity contribution in [3.05, 3.63) is 29.8 Å². The molecule has 1 fully saturated rings. The van der Waals surface area contributed by atoms with E-state index in [-0.39, 0.29) is 5.91 Å². The molecule has 0 aromatic heterocycles. The van der Waals surface area contributed by atoms with Crippen molar-refractivity contribution < 1.29 is 9.90 Å². The van der Waals surface area contributed by atoms with Gasteiger partial charge in [-0.1, -0.05) is 31.4 Å². The predicted molar refractivity (Wildman–Crippen MR) is 83.1 cm³/mol. The maximum Gasteiger partial charge on any atom is 0.252 e. The molecule has 20 heavy (non-hydrogen) atoms. The normalized spacial score (nSPS) is 17.7. The van der Waals surface area contributed by atoms with Crippen molar-refractivity contribution in [2.75, 3.05) is 12.8 Å². The second-order valence-corrected chi connectivity index (χ2v) is 6.22. The Bertz CT molecular complexity index is 444. The van der Waals surface area contributed by atoms with Crippen LogP contribution >= 0.6 is 11.8 Å². The molecule has 1 aromatic carbocycles. The topological polar surface area (TPSA) is 49.3 Å². The molecule has 0 heterocycles. The molecular weight excluding hydrogens is 270 g/mol. The van der Waals surface area contributed by atoms with Gasteiger partial charge in [0.05, 0.1) is 11.7 Å². The Labute approximate surface area is 125 Å². The Hall–Kier alpha value is -1.00. The van der Waals surface area contributed by atoms with Crippen LogP contribution in [0.1, 0.15) is 42.5 Å². The highest BCUT2D eigenvalue weighted by atomic mass is 32.2. The van der Waals surface area contributed by atoms with Gasteiger partial charge in [-0.3, -0.25) is 4.79 Å². The summed E-state index contributed by atoms with van der Waals surface area (Å²) in [7, 11) is 0. The monoisotopic (exact) mass is 293 g/mol. The van der Waals surface area contributed by atoms with Gasteiger partial charge in [-0.2, -0.15) is 0 Å². The summed E-state index contributed by atoms with van der Waals surface area (Å²) in [6, 6.07) is 7.57. The van der Waals surface area contributed by atoms with Gasteiger partial charge in [0.15, 0.2) is 0 Å². The number of aliphatic hydroxyl groups excluding tert-OH is 1. The van der Waals surface area contributed by atoms with Gasteiger partial charge in [-0.05, 0) is 37.1 Å². The van der Waals surface area contributed by atoms with Gasteiger partial charge in [0.2, 0.25) is 0 Å². The standard InChI is InChI=1S/C16H23NO2S/c1-20-15-10-6-5-9-13(15)16(19)17-11-14(18)12-7-3-2-4-8-12/h5-6,9-10,12,14,18H,2-4,7-8,11H2,1H3,(H,17,19). The van der Waals surface area contributed by atoms with Crippen LogP contribution in [-0.2, 0) is 0 Å². The van der Waals surface area contributed by atoms with Crippen molar-refractivity contribution in [3.8, 4) is 0 Å². The molecule has 1 aromatic rings. The van der Waals surface area contributed by atoms with Crippen molar-refractivity contribution in [2.24, 2.45) is 5.92 Å². The molecular formula is C16H23NO2S. The molecule has 3 nitrogen and oxygen atoms in total. The number of carbonyl (C=O) groups is 1. The number of nitrogens with one attached hydrogen (secondary N) is 1. The summed E-state index contributed by atoms with van der Waals surface area (Å²) in [6.07, 6.45) is 7.38. The minimum absolute atomic E-state index is 0.0928. The van der Waals surface area contributed by atoms with E-state index in [2.05, 4.69) is 5.32 Å². The molecule has 2 N–H and O–H groups in total. The minimum atomic E-state index is -0.416. The van der Waals surface area contributed by atoms with Crippen LogP contribution in [0.3, 0.4) is 0 Å². The quantitative estimate of drug-likeness (QED) is 0.820. The van der Waals surface area contributed by atoms with E-state index in [9.17, 15) is 9.90 Å². The molecule has 0 radical (unpaired) electrons. The van der Waals surface area contributed by atoms with E-state index in [0.29, 0.717) is 18.0 Å². The fraction of sp³-hybridized carbons (Fsp3) is 0.562. The number of carbonyl (C=O) groups excluding carboxylic acids is 1. The number of hydrogen-bond donors (Lipinski definition) is 2. The molecule has 1 unspecified atom stereocenters. The highest BCUT2D eigenvalue weighted by Crippen LogP contribution is 2.26. The number of thioether (sulfide) groups is 1. The van der Waals surface area contributed by atoms with Gasteiger partial charge in [-0.25, -0.2) is 0 Å². The lowest BCUT2D eigenvalue weighted by atomic mass is 9.85. The second-order valence-electron chi connectivity index (χ2n) is 5.38. The zero-order valence-electron chi connectivity index (χ0n) is 12.0. The number of amides is 1. The average Bonchev–Trinajstić information content (AvgIpc) is 2.53. The Morgan fingerprint density at radius 2 is 2.05 bits per heavy atom. The molecule has 0 saturated heterocycles. The largest absolute Gasteiger partial charge is 0.391 e. The first-order valence-corrected chi connectivity index (χ1v) is 8.54. The smallest absolute Gasteiger partial charge is 0.252 e. The summed E-state index contributed by atoms with van der Waals surface area (Å²) in [5, 5.41) is 13.0. The van der Waals surface area contributed by atoms with Crippen LogP contribution in [0, 0.1) is 5.92 Å². The van der Waals surface area contributed by atoms with Crippen LogP contribution in [0.2, 0.25) is 0 Å². The van der Waals surface area contributed by atoms with Crippen molar-refractivity contribution >= 4 is 17.7 Å². The zero-order chi connectivity index (χ0) is 14.4. The molecule has 1 aliphatic carbocycles. The summed E-state index contributed by atoms with van der Waals surface area (Å²) in [5.41, 5.74) is 0.691. The summed E-state index contributed by atoms with van der Waals surface area (Å²) < 4.78 is 0. The fourth-order valence-corrected chi connectivity index (χ4v) is 3.41. The van der Waals surface area contributed by atoms with Gasteiger partial charge in [0, 0.05) is 11.4 Å². The molecule has 0 aliphatic heterocycles. The molecule has 2 rings (SSSR count). The van der Waals surface area contributed by atoms with Crippen LogP contribution in [0.15, 0.2) is 29.2 Å². The molecule has 0 bridgehead atoms. The third-order valence-corrected chi connectivity index (χ3v) is 4.81. The number of hydrogen-bond acceptors (Lipinski definition) is 3. The molecule has 1 saturated carbocycles. The van der Waals surface area contributed by atoms with Gasteiger partial charge in [0.25, 0.3) is 5.91 Å². The molecule has 1 aliphatic rings. The van der Waals surface area contributed by atoms with Gasteiger partial charge < -0.3 is 10.4 Å². The zero-order valence-corrected chi connectivity index (χ0v) is 12.8. The van der Waals surface area contributed by atoms with Gasteiger partial charge >= 0.3 is 0 Å². The Balaban J connectivity index is 1.88. The summed E-state index contributed by atoms with van der Waals surface area (Å²) in [6.45, 7) is 0.353. The van der Waals surface area contributed by atoms with E-state index in [1.54, 1.807) is 11.8 Å². The molecule has 4 heteroatoms. The van der Waals surface area contributed by atoms with Crippen LogP contribution in [0.25, 0.3) is 0 Å². The lowest BCUT2D eigenvalue weighted by Crippen LogP contribution is -2.37. The molecule has 1 amide bonds. The summed E-state index contributed by atoms with van der Waals surface area (Å²) in [5.74, 6) is 0.254. The van der Waals surface area contributed by atoms with Crippen LogP contribution < -0.4 is 5.32 Å². The number of benzene rings is 1. The summed E-state index contributed by atoms with van der Waals surface area (Å²) in [4.78, 5) is 13.1. The van der Waals surface area contributed by atoms with E-state index in [0.717, 1.165) is 17.7 Å².